The van der Waals surface area contributed by atoms with Crippen LogP contribution in [0.15, 0.2) is 53.7 Å². The lowest BCUT2D eigenvalue weighted by Gasteiger charge is -2.20. The summed E-state index contributed by atoms with van der Waals surface area (Å²) in [6.07, 6.45) is 3.36. The van der Waals surface area contributed by atoms with Crippen molar-refractivity contribution in [3.05, 3.63) is 54.3 Å². The number of carbonyl (C=O) groups excluding carboxylic acids is 1. The summed E-state index contributed by atoms with van der Waals surface area (Å²) in [7, 11) is 0. The summed E-state index contributed by atoms with van der Waals surface area (Å²) < 4.78 is 21.9. The van der Waals surface area contributed by atoms with Crippen molar-refractivity contribution in [2.75, 3.05) is 6.61 Å². The average molecular weight is 412 g/mol. The molecule has 0 bridgehead atoms. The number of ketones is 1. The Balaban J connectivity index is 1.76. The van der Waals surface area contributed by atoms with Crippen molar-refractivity contribution in [2.24, 2.45) is 0 Å². The SMILES string of the molecule is CCOc1ccc(-c2nnc(S[C@H]3CCCCC3=O)n2-c2ccccc2F)cc1. The molecule has 5 nitrogen and oxygen atoms in total. The number of hydrogen-bond acceptors (Lipinski definition) is 5. The lowest BCUT2D eigenvalue weighted by atomic mass is 9.99. The molecule has 1 heterocycles. The van der Waals surface area contributed by atoms with Gasteiger partial charge in [-0.3, -0.25) is 9.36 Å². The van der Waals surface area contributed by atoms with E-state index in [2.05, 4.69) is 10.2 Å². The fourth-order valence-corrected chi connectivity index (χ4v) is 4.62. The molecule has 29 heavy (non-hydrogen) atoms. The lowest BCUT2D eigenvalue weighted by molar-refractivity contribution is -0.119. The number of rotatable bonds is 6. The minimum atomic E-state index is -0.365. The van der Waals surface area contributed by atoms with E-state index in [1.807, 2.05) is 31.2 Å². The van der Waals surface area contributed by atoms with Crippen LogP contribution in [0.5, 0.6) is 5.75 Å². The van der Waals surface area contributed by atoms with Gasteiger partial charge in [-0.1, -0.05) is 30.3 Å². The Labute approximate surface area is 173 Å². The Bertz CT molecular complexity index is 1000. The topological polar surface area (TPSA) is 57.0 Å². The first kappa shape index (κ1) is 19.6. The number of Topliss-reactive ketones (excluding diaryl/α,β-unsaturated/α-hetero) is 1. The molecule has 1 fully saturated rings. The van der Waals surface area contributed by atoms with Gasteiger partial charge in [0.25, 0.3) is 0 Å². The van der Waals surface area contributed by atoms with E-state index in [1.165, 1.54) is 17.8 Å². The molecule has 0 unspecified atom stereocenters. The third-order valence-electron chi connectivity index (χ3n) is 4.90. The fraction of sp³-hybridized carbons (Fsp3) is 0.318. The van der Waals surface area contributed by atoms with Crippen LogP contribution in [0.1, 0.15) is 32.6 Å². The predicted octanol–water partition coefficient (Wildman–Crippen LogP) is 5.08. The Kier molecular flexibility index (Phi) is 5.94. The van der Waals surface area contributed by atoms with E-state index in [1.54, 1.807) is 22.8 Å². The summed E-state index contributed by atoms with van der Waals surface area (Å²) >= 11 is 1.38. The molecule has 7 heteroatoms. The molecule has 3 aromatic rings. The quantitative estimate of drug-likeness (QED) is 0.566. The summed E-state index contributed by atoms with van der Waals surface area (Å²) in [6, 6.07) is 14.0. The third kappa shape index (κ3) is 4.19. The maximum absolute atomic E-state index is 14.7. The molecule has 4 rings (SSSR count). The maximum Gasteiger partial charge on any atom is 0.196 e. The first-order valence-corrected chi connectivity index (χ1v) is 10.7. The highest BCUT2D eigenvalue weighted by Gasteiger charge is 2.27. The van der Waals surface area contributed by atoms with Crippen LogP contribution >= 0.6 is 11.8 Å². The van der Waals surface area contributed by atoms with Gasteiger partial charge in [-0.25, -0.2) is 4.39 Å². The largest absolute Gasteiger partial charge is 0.494 e. The zero-order valence-corrected chi connectivity index (χ0v) is 17.0. The van der Waals surface area contributed by atoms with Gasteiger partial charge in [0.05, 0.1) is 17.5 Å². The highest BCUT2D eigenvalue weighted by molar-refractivity contribution is 8.00. The molecule has 1 atom stereocenters. The maximum atomic E-state index is 14.7. The number of para-hydroxylation sites is 1. The molecule has 150 valence electrons. The van der Waals surface area contributed by atoms with Crippen molar-refractivity contribution in [3.63, 3.8) is 0 Å². The van der Waals surface area contributed by atoms with Gasteiger partial charge in [0.15, 0.2) is 11.0 Å². The Morgan fingerprint density at radius 3 is 2.66 bits per heavy atom. The zero-order chi connectivity index (χ0) is 20.2. The fourth-order valence-electron chi connectivity index (χ4n) is 3.45. The number of carbonyl (C=O) groups is 1. The highest BCUT2D eigenvalue weighted by Crippen LogP contribution is 2.35. The molecule has 1 aromatic heterocycles. The van der Waals surface area contributed by atoms with Crippen LogP contribution in [-0.2, 0) is 4.79 Å². The van der Waals surface area contributed by atoms with Gasteiger partial charge >= 0.3 is 0 Å². The Morgan fingerprint density at radius 2 is 1.93 bits per heavy atom. The van der Waals surface area contributed by atoms with E-state index in [4.69, 9.17) is 4.74 Å². The first-order valence-electron chi connectivity index (χ1n) is 9.80. The summed E-state index contributed by atoms with van der Waals surface area (Å²) in [5, 5.41) is 9.03. The minimum absolute atomic E-state index is 0.161. The van der Waals surface area contributed by atoms with E-state index in [0.717, 1.165) is 30.6 Å². The van der Waals surface area contributed by atoms with Crippen molar-refractivity contribution < 1.29 is 13.9 Å². The van der Waals surface area contributed by atoms with Gasteiger partial charge in [0.1, 0.15) is 17.3 Å². The second kappa shape index (κ2) is 8.78. The molecule has 0 amide bonds. The number of ether oxygens (including phenoxy) is 1. The summed E-state index contributed by atoms with van der Waals surface area (Å²) in [4.78, 5) is 12.3. The van der Waals surface area contributed by atoms with Crippen LogP contribution < -0.4 is 4.74 Å². The average Bonchev–Trinajstić information content (AvgIpc) is 3.14. The standard InChI is InChI=1S/C22H22FN3O2S/c1-2-28-16-13-11-15(12-14-16)21-24-25-22(29-20-10-6-5-9-19(20)27)26(21)18-8-4-3-7-17(18)23/h3-4,7-8,11-14,20H,2,5-6,9-10H2,1H3/t20-/m0/s1. The van der Waals surface area contributed by atoms with Gasteiger partial charge in [0.2, 0.25) is 0 Å². The van der Waals surface area contributed by atoms with Gasteiger partial charge in [0, 0.05) is 12.0 Å². The third-order valence-corrected chi connectivity index (χ3v) is 6.15. The zero-order valence-electron chi connectivity index (χ0n) is 16.2. The van der Waals surface area contributed by atoms with E-state index in [-0.39, 0.29) is 16.9 Å². The van der Waals surface area contributed by atoms with E-state index >= 15 is 0 Å². The molecule has 0 aliphatic heterocycles. The van der Waals surface area contributed by atoms with Crippen molar-refractivity contribution in [3.8, 4) is 22.8 Å². The number of nitrogens with zero attached hydrogens (tertiary/aromatic N) is 3. The molecule has 1 aliphatic carbocycles. The minimum Gasteiger partial charge on any atom is -0.494 e. The molecule has 0 spiro atoms. The molecule has 1 aliphatic rings. The van der Waals surface area contributed by atoms with Gasteiger partial charge in [-0.05, 0) is 56.2 Å². The number of benzene rings is 2. The second-order valence-corrected chi connectivity index (χ2v) is 8.04. The first-order chi connectivity index (χ1) is 14.2. The smallest absolute Gasteiger partial charge is 0.196 e. The predicted molar refractivity (Wildman–Crippen MR) is 111 cm³/mol. The number of hydrogen-bond donors (Lipinski definition) is 0. The van der Waals surface area contributed by atoms with Gasteiger partial charge in [-0.2, -0.15) is 0 Å². The van der Waals surface area contributed by atoms with E-state index in [9.17, 15) is 9.18 Å². The van der Waals surface area contributed by atoms with E-state index < -0.39 is 0 Å². The van der Waals surface area contributed by atoms with Crippen molar-refractivity contribution in [1.82, 2.24) is 14.8 Å². The van der Waals surface area contributed by atoms with Crippen LogP contribution in [-0.4, -0.2) is 32.4 Å². The van der Waals surface area contributed by atoms with Crippen LogP contribution in [0.4, 0.5) is 4.39 Å². The summed E-state index contributed by atoms with van der Waals surface area (Å²) in [5.41, 5.74) is 1.16. The van der Waals surface area contributed by atoms with Gasteiger partial charge < -0.3 is 4.74 Å². The normalized spacial score (nSPS) is 16.8. The molecule has 0 saturated heterocycles. The van der Waals surface area contributed by atoms with Crippen molar-refractivity contribution in [2.45, 2.75) is 43.0 Å². The van der Waals surface area contributed by atoms with Crippen LogP contribution in [0, 0.1) is 5.82 Å². The summed E-state index contributed by atoms with van der Waals surface area (Å²) in [6.45, 7) is 2.51. The number of halogens is 1. The number of aromatic nitrogens is 3. The summed E-state index contributed by atoms with van der Waals surface area (Å²) in [5.74, 6) is 1.16. The second-order valence-electron chi connectivity index (χ2n) is 6.87. The molecule has 0 N–H and O–H groups in total. The van der Waals surface area contributed by atoms with Crippen LogP contribution in [0.2, 0.25) is 0 Å². The highest BCUT2D eigenvalue weighted by atomic mass is 32.2. The Morgan fingerprint density at radius 1 is 1.14 bits per heavy atom. The van der Waals surface area contributed by atoms with Crippen molar-refractivity contribution in [1.29, 1.82) is 0 Å². The van der Waals surface area contributed by atoms with Gasteiger partial charge in [-0.15, -0.1) is 10.2 Å². The Hall–Kier alpha value is -2.67. The number of thioether (sulfide) groups is 1. The molecule has 2 aromatic carbocycles. The monoisotopic (exact) mass is 411 g/mol. The molecule has 0 radical (unpaired) electrons. The molecular formula is C22H22FN3O2S. The molecular weight excluding hydrogens is 389 g/mol. The van der Waals surface area contributed by atoms with Crippen molar-refractivity contribution >= 4 is 17.5 Å². The van der Waals surface area contributed by atoms with Crippen LogP contribution in [0.25, 0.3) is 17.1 Å². The van der Waals surface area contributed by atoms with Crippen LogP contribution in [0.3, 0.4) is 0 Å². The molecule has 1 saturated carbocycles. The lowest BCUT2D eigenvalue weighted by Crippen LogP contribution is -2.21. The van der Waals surface area contributed by atoms with E-state index in [0.29, 0.717) is 29.7 Å².